The number of sulfone groups is 1. The summed E-state index contributed by atoms with van der Waals surface area (Å²) in [7, 11) is -3.09. The lowest BCUT2D eigenvalue weighted by Gasteiger charge is -2.23. The first-order valence-corrected chi connectivity index (χ1v) is 14.0. The van der Waals surface area contributed by atoms with Crippen molar-refractivity contribution in [3.8, 4) is 5.75 Å². The summed E-state index contributed by atoms with van der Waals surface area (Å²) in [5.41, 5.74) is 0.468. The van der Waals surface area contributed by atoms with Gasteiger partial charge in [0.15, 0.2) is 0 Å². The van der Waals surface area contributed by atoms with E-state index in [1.807, 2.05) is 0 Å². The highest BCUT2D eigenvalue weighted by atomic mass is 35.5. The second kappa shape index (κ2) is 10.2. The summed E-state index contributed by atoms with van der Waals surface area (Å²) in [5.74, 6) is -0.758. The number of amides is 1. The molecule has 3 heterocycles. The van der Waals surface area contributed by atoms with E-state index in [-0.39, 0.29) is 41.1 Å². The number of nitrogens with one attached hydrogen (secondary N) is 2. The van der Waals surface area contributed by atoms with Crippen LogP contribution in [0.4, 0.5) is 13.2 Å². The Labute approximate surface area is 224 Å². The Kier molecular flexibility index (Phi) is 7.01. The number of ether oxygens (including phenoxy) is 1. The quantitative estimate of drug-likeness (QED) is 0.356. The Hall–Kier alpha value is -3.65. The van der Waals surface area contributed by atoms with Crippen LogP contribution in [0.2, 0.25) is 5.02 Å². The first-order chi connectivity index (χ1) is 18.4. The molecule has 0 atom stereocenters. The SMILES string of the molecule is O=C(Cn1nc(Cc2nc3cc(OC(F)(F)F)c(Cl)cc3[nH]2)c2ccccc2c1=O)NC1CCS(=O)(=O)CC1. The Morgan fingerprint density at radius 3 is 2.56 bits per heavy atom. The number of carbonyl (C=O) groups excluding carboxylic acids is 1. The van der Waals surface area contributed by atoms with E-state index < -0.39 is 33.4 Å². The molecule has 1 amide bonds. The van der Waals surface area contributed by atoms with E-state index in [1.54, 1.807) is 24.3 Å². The summed E-state index contributed by atoms with van der Waals surface area (Å²) in [6, 6.07) is 8.71. The number of H-pyrrole nitrogens is 1. The molecule has 1 aliphatic rings. The standard InChI is InChI=1S/C24H21ClF3N5O5S/c25-16-9-18-19(10-20(16)38-24(26,27)28)31-21(30-18)11-17-14-3-1-2-4-15(14)23(35)33(32-17)12-22(34)29-13-5-7-39(36,37)8-6-13/h1-4,9-10,13H,5-8,11-12H2,(H,29,34)(H,30,31). The summed E-state index contributed by atoms with van der Waals surface area (Å²) in [4.78, 5) is 33.1. The number of carbonyl (C=O) groups is 1. The molecule has 15 heteroatoms. The molecule has 0 bridgehead atoms. The maximum absolute atomic E-state index is 13.1. The monoisotopic (exact) mass is 583 g/mol. The molecule has 0 aliphatic carbocycles. The van der Waals surface area contributed by atoms with Crippen molar-refractivity contribution in [2.75, 3.05) is 11.5 Å². The van der Waals surface area contributed by atoms with Crippen molar-refractivity contribution in [1.29, 1.82) is 0 Å². The molecule has 0 unspecified atom stereocenters. The van der Waals surface area contributed by atoms with Crippen LogP contribution < -0.4 is 15.6 Å². The third kappa shape index (κ3) is 6.17. The van der Waals surface area contributed by atoms with Gasteiger partial charge in [-0.25, -0.2) is 18.1 Å². The molecule has 1 fully saturated rings. The normalized spacial score (nSPS) is 16.0. The van der Waals surface area contributed by atoms with E-state index in [2.05, 4.69) is 25.1 Å². The molecule has 0 radical (unpaired) electrons. The minimum Gasteiger partial charge on any atom is -0.404 e. The van der Waals surface area contributed by atoms with Crippen LogP contribution in [0, 0.1) is 0 Å². The van der Waals surface area contributed by atoms with Gasteiger partial charge in [0.05, 0.1) is 45.1 Å². The van der Waals surface area contributed by atoms with Crippen molar-refractivity contribution in [2.45, 2.75) is 38.2 Å². The third-order valence-corrected chi connectivity index (χ3v) is 8.31. The van der Waals surface area contributed by atoms with E-state index >= 15 is 0 Å². The molecule has 4 aromatic rings. The topological polar surface area (TPSA) is 136 Å². The minimum absolute atomic E-state index is 0.0111. The Bertz CT molecular complexity index is 1740. The zero-order valence-corrected chi connectivity index (χ0v) is 21.7. The fraction of sp³-hybridized carbons (Fsp3) is 0.333. The fourth-order valence-electron chi connectivity index (χ4n) is 4.50. The maximum atomic E-state index is 13.1. The summed E-state index contributed by atoms with van der Waals surface area (Å²) < 4.78 is 66.3. The third-order valence-electron chi connectivity index (χ3n) is 6.30. The Balaban J connectivity index is 1.42. The number of benzene rings is 2. The number of rotatable bonds is 6. The molecule has 0 spiro atoms. The van der Waals surface area contributed by atoms with Gasteiger partial charge in [-0.1, -0.05) is 29.8 Å². The number of hydrogen-bond donors (Lipinski definition) is 2. The summed E-state index contributed by atoms with van der Waals surface area (Å²) in [6.07, 6.45) is -4.27. The first-order valence-electron chi connectivity index (χ1n) is 11.8. The van der Waals surface area contributed by atoms with Gasteiger partial charge in [0, 0.05) is 17.5 Å². The number of imidazole rings is 1. The molecule has 2 aromatic carbocycles. The van der Waals surface area contributed by atoms with E-state index in [9.17, 15) is 31.2 Å². The number of halogens is 4. The van der Waals surface area contributed by atoms with Crippen molar-refractivity contribution in [2.24, 2.45) is 0 Å². The van der Waals surface area contributed by atoms with Crippen molar-refractivity contribution in [3.63, 3.8) is 0 Å². The number of aromatic amines is 1. The molecule has 5 rings (SSSR count). The van der Waals surface area contributed by atoms with Crippen LogP contribution >= 0.6 is 11.6 Å². The first kappa shape index (κ1) is 26.9. The second-order valence-electron chi connectivity index (χ2n) is 9.16. The molecule has 0 saturated carbocycles. The number of fused-ring (bicyclic) bond motifs is 2. The van der Waals surface area contributed by atoms with E-state index in [1.165, 1.54) is 6.07 Å². The highest BCUT2D eigenvalue weighted by Gasteiger charge is 2.32. The zero-order chi connectivity index (χ0) is 27.9. The molecule has 1 saturated heterocycles. The molecular formula is C24H21ClF3N5O5S. The molecule has 206 valence electrons. The number of aromatic nitrogens is 4. The number of nitrogens with zero attached hydrogens (tertiary/aromatic N) is 3. The molecule has 39 heavy (non-hydrogen) atoms. The summed E-state index contributed by atoms with van der Waals surface area (Å²) in [6.45, 7) is -0.381. The Morgan fingerprint density at radius 1 is 1.18 bits per heavy atom. The molecule has 10 nitrogen and oxygen atoms in total. The summed E-state index contributed by atoms with van der Waals surface area (Å²) >= 11 is 5.94. The van der Waals surface area contributed by atoms with Gasteiger partial charge in [-0.15, -0.1) is 13.2 Å². The van der Waals surface area contributed by atoms with Crippen molar-refractivity contribution >= 4 is 49.2 Å². The van der Waals surface area contributed by atoms with Gasteiger partial charge < -0.3 is 15.0 Å². The lowest BCUT2D eigenvalue weighted by atomic mass is 10.1. The maximum Gasteiger partial charge on any atom is 0.573 e. The van der Waals surface area contributed by atoms with Gasteiger partial charge in [0.25, 0.3) is 5.56 Å². The van der Waals surface area contributed by atoms with Crippen LogP contribution in [0.3, 0.4) is 0 Å². The Morgan fingerprint density at radius 2 is 1.87 bits per heavy atom. The fourth-order valence-corrected chi connectivity index (χ4v) is 6.19. The van der Waals surface area contributed by atoms with Crippen molar-refractivity contribution < 1.29 is 31.1 Å². The lowest BCUT2D eigenvalue weighted by Crippen LogP contribution is -2.43. The predicted molar refractivity (Wildman–Crippen MR) is 136 cm³/mol. The van der Waals surface area contributed by atoms with Crippen LogP contribution in [-0.2, 0) is 27.6 Å². The average Bonchev–Trinajstić information content (AvgIpc) is 3.23. The van der Waals surface area contributed by atoms with Crippen LogP contribution in [0.1, 0.15) is 24.4 Å². The van der Waals surface area contributed by atoms with Gasteiger partial charge in [-0.3, -0.25) is 9.59 Å². The zero-order valence-electron chi connectivity index (χ0n) is 20.1. The number of alkyl halides is 3. The van der Waals surface area contributed by atoms with Gasteiger partial charge in [0.2, 0.25) is 5.91 Å². The molecular weight excluding hydrogens is 563 g/mol. The largest absolute Gasteiger partial charge is 0.573 e. The molecule has 2 aromatic heterocycles. The van der Waals surface area contributed by atoms with E-state index in [4.69, 9.17) is 11.6 Å². The van der Waals surface area contributed by atoms with Gasteiger partial charge in [0.1, 0.15) is 28.0 Å². The van der Waals surface area contributed by atoms with Gasteiger partial charge in [-0.2, -0.15) is 5.10 Å². The van der Waals surface area contributed by atoms with Crippen LogP contribution in [0.25, 0.3) is 21.8 Å². The highest BCUT2D eigenvalue weighted by Crippen LogP contribution is 2.33. The van der Waals surface area contributed by atoms with Crippen LogP contribution in [0.15, 0.2) is 41.2 Å². The molecule has 1 aliphatic heterocycles. The van der Waals surface area contributed by atoms with Gasteiger partial charge >= 0.3 is 6.36 Å². The predicted octanol–water partition coefficient (Wildman–Crippen LogP) is 3.11. The average molecular weight is 584 g/mol. The van der Waals surface area contributed by atoms with Crippen molar-refractivity contribution in [3.05, 3.63) is 63.3 Å². The second-order valence-corrected chi connectivity index (χ2v) is 11.9. The van der Waals surface area contributed by atoms with E-state index in [0.29, 0.717) is 40.6 Å². The number of hydrogen-bond acceptors (Lipinski definition) is 7. The van der Waals surface area contributed by atoms with Crippen LogP contribution in [0.5, 0.6) is 5.75 Å². The lowest BCUT2D eigenvalue weighted by molar-refractivity contribution is -0.274. The highest BCUT2D eigenvalue weighted by molar-refractivity contribution is 7.91. The van der Waals surface area contributed by atoms with Crippen LogP contribution in [-0.4, -0.2) is 58.0 Å². The smallest absolute Gasteiger partial charge is 0.404 e. The van der Waals surface area contributed by atoms with Crippen molar-refractivity contribution in [1.82, 2.24) is 25.1 Å². The summed E-state index contributed by atoms with van der Waals surface area (Å²) in [5, 5.41) is 7.75. The minimum atomic E-state index is -4.92. The molecule has 2 N–H and O–H groups in total. The van der Waals surface area contributed by atoms with Gasteiger partial charge in [-0.05, 0) is 25.0 Å². The van der Waals surface area contributed by atoms with E-state index in [0.717, 1.165) is 10.7 Å².